The van der Waals surface area contributed by atoms with Gasteiger partial charge < -0.3 is 25.0 Å². The summed E-state index contributed by atoms with van der Waals surface area (Å²) in [5.41, 5.74) is 11.8. The largest absolute Gasteiger partial charge is 0.382 e. The molecule has 0 saturated carbocycles. The number of hydrogen-bond donors (Lipinski definition) is 2. The van der Waals surface area contributed by atoms with Gasteiger partial charge in [-0.25, -0.2) is 0 Å². The third-order valence-corrected chi connectivity index (χ3v) is 10.3. The van der Waals surface area contributed by atoms with Crippen LogP contribution in [0.1, 0.15) is 80.0 Å². The zero-order valence-electron chi connectivity index (χ0n) is 27.3. The van der Waals surface area contributed by atoms with Gasteiger partial charge in [0.2, 0.25) is 0 Å². The highest BCUT2D eigenvalue weighted by atomic mass is 16.5. The first-order valence-electron chi connectivity index (χ1n) is 16.7. The van der Waals surface area contributed by atoms with Gasteiger partial charge in [0.15, 0.2) is 0 Å². The summed E-state index contributed by atoms with van der Waals surface area (Å²) >= 11 is 0. The molecule has 2 atom stereocenters. The summed E-state index contributed by atoms with van der Waals surface area (Å²) < 4.78 is 11.3. The number of carbonyl (C=O) groups excluding carboxylic acids is 1. The van der Waals surface area contributed by atoms with Crippen LogP contribution in [0.2, 0.25) is 0 Å². The first kappa shape index (κ1) is 30.9. The van der Waals surface area contributed by atoms with Gasteiger partial charge in [-0.3, -0.25) is 9.69 Å². The zero-order valence-corrected chi connectivity index (χ0v) is 27.3. The highest BCUT2D eigenvalue weighted by Gasteiger charge is 2.30. The Balaban J connectivity index is 1.34. The van der Waals surface area contributed by atoms with E-state index in [1.54, 1.807) is 0 Å². The fourth-order valence-corrected chi connectivity index (χ4v) is 7.86. The lowest BCUT2D eigenvalue weighted by Crippen LogP contribution is -2.40. The first-order chi connectivity index (χ1) is 21.3. The minimum atomic E-state index is -0.0130. The second-order valence-corrected chi connectivity index (χ2v) is 13.0. The first-order valence-corrected chi connectivity index (χ1v) is 16.7. The molecule has 2 N–H and O–H groups in total. The number of aryl methyl sites for hydroxylation is 1. The second-order valence-electron chi connectivity index (χ2n) is 13.0. The predicted molar refractivity (Wildman–Crippen MR) is 178 cm³/mol. The van der Waals surface area contributed by atoms with Crippen LogP contribution in [0.15, 0.2) is 53.3 Å². The highest BCUT2D eigenvalue weighted by molar-refractivity contribution is 5.99. The normalized spacial score (nSPS) is 22.8. The number of benzene rings is 2. The number of anilines is 1. The summed E-state index contributed by atoms with van der Waals surface area (Å²) in [4.78, 5) is 19.1. The SMILES string of the molecule is CCN(c1cc(-c2ccc3c(c2)CCC3N2CCOCC2)cc(C(=O)NCC2=C(C)C=C(C)NC2C)c1C)C1CCOCC1. The fraction of sp³-hybridized carbons (Fsp3) is 0.541. The Labute approximate surface area is 263 Å². The minimum absolute atomic E-state index is 0.0130. The van der Waals surface area contributed by atoms with Crippen molar-refractivity contribution in [3.05, 3.63) is 75.5 Å². The van der Waals surface area contributed by atoms with Crippen molar-refractivity contribution in [2.24, 2.45) is 0 Å². The van der Waals surface area contributed by atoms with Gasteiger partial charge in [-0.15, -0.1) is 0 Å². The van der Waals surface area contributed by atoms with Crippen LogP contribution in [-0.2, 0) is 15.9 Å². The molecule has 0 bridgehead atoms. The van der Waals surface area contributed by atoms with E-state index in [0.29, 0.717) is 18.6 Å². The van der Waals surface area contributed by atoms with Crippen molar-refractivity contribution in [3.8, 4) is 11.1 Å². The maximum Gasteiger partial charge on any atom is 0.251 e. The van der Waals surface area contributed by atoms with Crippen LogP contribution < -0.4 is 15.5 Å². The van der Waals surface area contributed by atoms with Gasteiger partial charge in [-0.1, -0.05) is 18.2 Å². The molecule has 0 spiro atoms. The van der Waals surface area contributed by atoms with Gasteiger partial charge in [-0.2, -0.15) is 0 Å². The summed E-state index contributed by atoms with van der Waals surface area (Å²) in [5.74, 6) is -0.0130. The van der Waals surface area contributed by atoms with Gasteiger partial charge in [0, 0.05) is 74.5 Å². The number of hydrogen-bond acceptors (Lipinski definition) is 6. The molecule has 44 heavy (non-hydrogen) atoms. The average Bonchev–Trinajstić information content (AvgIpc) is 3.46. The number of morpholine rings is 1. The molecular formula is C37H50N4O3. The summed E-state index contributed by atoms with van der Waals surface area (Å²) in [6.45, 7) is 17.4. The van der Waals surface area contributed by atoms with Crippen molar-refractivity contribution >= 4 is 11.6 Å². The number of rotatable bonds is 8. The molecule has 7 heteroatoms. The van der Waals surface area contributed by atoms with Crippen molar-refractivity contribution in [2.75, 3.05) is 57.5 Å². The van der Waals surface area contributed by atoms with Crippen LogP contribution in [0.4, 0.5) is 5.69 Å². The molecule has 2 fully saturated rings. The lowest BCUT2D eigenvalue weighted by Gasteiger charge is -2.37. The molecule has 2 unspecified atom stereocenters. The molecule has 236 valence electrons. The Kier molecular flexibility index (Phi) is 9.45. The van der Waals surface area contributed by atoms with Crippen LogP contribution >= 0.6 is 0 Å². The van der Waals surface area contributed by atoms with E-state index < -0.39 is 0 Å². The monoisotopic (exact) mass is 598 g/mol. The lowest BCUT2D eigenvalue weighted by molar-refractivity contribution is 0.0164. The number of amides is 1. The number of nitrogens with zero attached hydrogens (tertiary/aromatic N) is 2. The predicted octanol–water partition coefficient (Wildman–Crippen LogP) is 5.93. The van der Waals surface area contributed by atoms with Gasteiger partial charge in [0.05, 0.1) is 13.2 Å². The van der Waals surface area contributed by atoms with E-state index in [9.17, 15) is 4.79 Å². The number of allylic oxidation sites excluding steroid dienone is 3. The van der Waals surface area contributed by atoms with Crippen molar-refractivity contribution in [1.82, 2.24) is 15.5 Å². The summed E-state index contributed by atoms with van der Waals surface area (Å²) in [6.07, 6.45) is 6.43. The highest BCUT2D eigenvalue weighted by Crippen LogP contribution is 2.40. The Hall–Kier alpha value is -3.13. The van der Waals surface area contributed by atoms with E-state index in [0.717, 1.165) is 99.8 Å². The molecule has 2 saturated heterocycles. The Morgan fingerprint density at radius 1 is 1.00 bits per heavy atom. The minimum Gasteiger partial charge on any atom is -0.382 e. The Morgan fingerprint density at radius 3 is 2.48 bits per heavy atom. The molecule has 7 nitrogen and oxygen atoms in total. The van der Waals surface area contributed by atoms with Crippen LogP contribution in [0, 0.1) is 6.92 Å². The number of carbonyl (C=O) groups is 1. The molecule has 6 rings (SSSR count). The van der Waals surface area contributed by atoms with Gasteiger partial charge >= 0.3 is 0 Å². The number of fused-ring (bicyclic) bond motifs is 1. The average molecular weight is 599 g/mol. The van der Waals surface area contributed by atoms with E-state index in [2.05, 4.69) is 91.5 Å². The van der Waals surface area contributed by atoms with E-state index in [1.165, 1.54) is 27.8 Å². The zero-order chi connectivity index (χ0) is 30.8. The van der Waals surface area contributed by atoms with Crippen molar-refractivity contribution < 1.29 is 14.3 Å². The Morgan fingerprint density at radius 2 is 1.75 bits per heavy atom. The fourth-order valence-electron chi connectivity index (χ4n) is 7.86. The smallest absolute Gasteiger partial charge is 0.251 e. The second kappa shape index (κ2) is 13.5. The molecule has 0 aromatic heterocycles. The number of nitrogens with one attached hydrogen (secondary N) is 2. The summed E-state index contributed by atoms with van der Waals surface area (Å²) in [7, 11) is 0. The molecule has 3 aliphatic heterocycles. The van der Waals surface area contributed by atoms with Crippen LogP contribution in [0.25, 0.3) is 11.1 Å². The standard InChI is InChI=1S/C37H50N4O3/c1-6-41(31-11-15-43-16-12-31)36-22-30(28-7-9-32-29(20-28)8-10-35(32)40-13-17-44-18-14-40)21-33(26(36)4)37(42)38-23-34-24(2)19-25(3)39-27(34)5/h7,9,19-22,27,31,35,39H,6,8,10-18,23H2,1-5H3,(H,38,42). The molecule has 4 aliphatic rings. The van der Waals surface area contributed by atoms with Crippen LogP contribution in [-0.4, -0.2) is 75.5 Å². The van der Waals surface area contributed by atoms with E-state index in [4.69, 9.17) is 9.47 Å². The summed E-state index contributed by atoms with van der Waals surface area (Å²) in [6, 6.07) is 12.5. The lowest BCUT2D eigenvalue weighted by atomic mass is 9.93. The third-order valence-electron chi connectivity index (χ3n) is 10.3. The van der Waals surface area contributed by atoms with Crippen molar-refractivity contribution in [2.45, 2.75) is 78.4 Å². The van der Waals surface area contributed by atoms with Crippen molar-refractivity contribution in [3.63, 3.8) is 0 Å². The number of dihydropyridines is 1. The summed E-state index contributed by atoms with van der Waals surface area (Å²) in [5, 5.41) is 6.79. The molecule has 1 aliphatic carbocycles. The Bertz CT molecular complexity index is 1430. The number of ether oxygens (including phenoxy) is 2. The van der Waals surface area contributed by atoms with Crippen LogP contribution in [0.3, 0.4) is 0 Å². The maximum atomic E-state index is 14.0. The molecule has 0 radical (unpaired) electrons. The van der Waals surface area contributed by atoms with Gasteiger partial charge in [-0.05, 0) is 117 Å². The van der Waals surface area contributed by atoms with Crippen molar-refractivity contribution in [1.29, 1.82) is 0 Å². The van der Waals surface area contributed by atoms with E-state index in [-0.39, 0.29) is 11.9 Å². The molecule has 3 heterocycles. The van der Waals surface area contributed by atoms with E-state index in [1.807, 2.05) is 0 Å². The van der Waals surface area contributed by atoms with Gasteiger partial charge in [0.25, 0.3) is 5.91 Å². The van der Waals surface area contributed by atoms with E-state index >= 15 is 0 Å². The quantitative estimate of drug-likeness (QED) is 0.393. The topological polar surface area (TPSA) is 66.1 Å². The van der Waals surface area contributed by atoms with Crippen LogP contribution in [0.5, 0.6) is 0 Å². The molecule has 2 aromatic carbocycles. The molecule has 1 amide bonds. The van der Waals surface area contributed by atoms with Gasteiger partial charge in [0.1, 0.15) is 0 Å². The third kappa shape index (κ3) is 6.33. The molecular weight excluding hydrogens is 548 g/mol. The maximum absolute atomic E-state index is 14.0. The molecule has 2 aromatic rings.